The molecule has 0 aliphatic rings. The number of carboxylic acids is 1. The standard InChI is InChI=1S/C17H23NO6/c1-5-10-18(24-16(22)23-17(2,3)4)14(15(20)21)11-12-6-8-13(19)9-7-12/h5-9,14,19H,1,10-11H2,2-4H3,(H,20,21)/t14-/m0/s1. The number of carboxylic acid groups (broad SMARTS) is 1. The summed E-state index contributed by atoms with van der Waals surface area (Å²) in [6, 6.07) is 5.00. The van der Waals surface area contributed by atoms with Crippen molar-refractivity contribution < 1.29 is 29.4 Å². The van der Waals surface area contributed by atoms with Crippen LogP contribution in [-0.4, -0.2) is 45.6 Å². The minimum Gasteiger partial charge on any atom is -0.508 e. The highest BCUT2D eigenvalue weighted by atomic mass is 16.8. The van der Waals surface area contributed by atoms with E-state index in [-0.39, 0.29) is 18.7 Å². The highest BCUT2D eigenvalue weighted by molar-refractivity contribution is 5.74. The van der Waals surface area contributed by atoms with Crippen LogP contribution in [0.4, 0.5) is 4.79 Å². The molecule has 0 saturated carbocycles. The third-order valence-electron chi connectivity index (χ3n) is 2.89. The van der Waals surface area contributed by atoms with E-state index < -0.39 is 23.8 Å². The minimum atomic E-state index is -1.16. The topological polar surface area (TPSA) is 96.3 Å². The molecule has 0 aliphatic carbocycles. The molecule has 7 nitrogen and oxygen atoms in total. The maximum atomic E-state index is 11.8. The Morgan fingerprint density at radius 2 is 1.88 bits per heavy atom. The Balaban J connectivity index is 2.90. The third kappa shape index (κ3) is 6.70. The number of hydrogen-bond acceptors (Lipinski definition) is 6. The van der Waals surface area contributed by atoms with E-state index in [4.69, 9.17) is 9.57 Å². The van der Waals surface area contributed by atoms with Crippen LogP contribution in [0, 0.1) is 0 Å². The Morgan fingerprint density at radius 3 is 2.33 bits per heavy atom. The van der Waals surface area contributed by atoms with Gasteiger partial charge < -0.3 is 19.8 Å². The lowest BCUT2D eigenvalue weighted by Gasteiger charge is -2.27. The normalized spacial score (nSPS) is 12.5. The SMILES string of the molecule is C=CCN(OC(=O)OC(C)(C)C)[C@@H](Cc1ccc(O)cc1)C(=O)O. The number of ether oxygens (including phenoxy) is 1. The molecule has 1 rings (SSSR count). The van der Waals surface area contributed by atoms with Gasteiger partial charge in [0, 0.05) is 6.42 Å². The van der Waals surface area contributed by atoms with Gasteiger partial charge in [-0.15, -0.1) is 11.6 Å². The molecule has 1 atom stereocenters. The van der Waals surface area contributed by atoms with Crippen molar-refractivity contribution in [3.63, 3.8) is 0 Å². The van der Waals surface area contributed by atoms with Crippen molar-refractivity contribution in [1.29, 1.82) is 0 Å². The van der Waals surface area contributed by atoms with Crippen LogP contribution < -0.4 is 0 Å². The molecule has 0 aromatic heterocycles. The number of carbonyl (C=O) groups excluding carboxylic acids is 1. The molecular weight excluding hydrogens is 314 g/mol. The summed E-state index contributed by atoms with van der Waals surface area (Å²) in [5, 5.41) is 19.8. The Morgan fingerprint density at radius 1 is 1.29 bits per heavy atom. The van der Waals surface area contributed by atoms with Crippen molar-refractivity contribution in [2.24, 2.45) is 0 Å². The second-order valence-electron chi connectivity index (χ2n) is 6.17. The van der Waals surface area contributed by atoms with Crippen molar-refractivity contribution in [3.05, 3.63) is 42.5 Å². The molecule has 7 heteroatoms. The number of rotatable bonds is 7. The fraction of sp³-hybridized carbons (Fsp3) is 0.412. The van der Waals surface area contributed by atoms with Crippen LogP contribution in [0.5, 0.6) is 5.75 Å². The van der Waals surface area contributed by atoms with E-state index in [0.29, 0.717) is 5.56 Å². The van der Waals surface area contributed by atoms with Crippen LogP contribution >= 0.6 is 0 Å². The molecule has 132 valence electrons. The molecule has 0 bridgehead atoms. The van der Waals surface area contributed by atoms with Gasteiger partial charge in [-0.05, 0) is 38.5 Å². The summed E-state index contributed by atoms with van der Waals surface area (Å²) < 4.78 is 5.05. The third-order valence-corrected chi connectivity index (χ3v) is 2.89. The van der Waals surface area contributed by atoms with Crippen molar-refractivity contribution in [2.75, 3.05) is 6.54 Å². The number of nitrogens with zero attached hydrogens (tertiary/aromatic N) is 1. The van der Waals surface area contributed by atoms with E-state index in [1.807, 2.05) is 0 Å². The summed E-state index contributed by atoms with van der Waals surface area (Å²) in [4.78, 5) is 28.5. The molecule has 0 aliphatic heterocycles. The zero-order chi connectivity index (χ0) is 18.3. The summed E-state index contributed by atoms with van der Waals surface area (Å²) in [6.45, 7) is 8.60. The number of hydrogen-bond donors (Lipinski definition) is 2. The predicted molar refractivity (Wildman–Crippen MR) is 87.5 cm³/mol. The lowest BCUT2D eigenvalue weighted by atomic mass is 10.1. The quantitative estimate of drug-likeness (QED) is 0.448. The average Bonchev–Trinajstić information content (AvgIpc) is 2.44. The predicted octanol–water partition coefficient (Wildman–Crippen LogP) is 2.74. The van der Waals surface area contributed by atoms with Crippen molar-refractivity contribution in [3.8, 4) is 5.75 Å². The Bertz CT molecular complexity index is 576. The van der Waals surface area contributed by atoms with E-state index in [1.165, 1.54) is 18.2 Å². The fourth-order valence-corrected chi connectivity index (χ4v) is 1.89. The number of aromatic hydroxyl groups is 1. The summed E-state index contributed by atoms with van der Waals surface area (Å²) in [7, 11) is 0. The number of benzene rings is 1. The van der Waals surface area contributed by atoms with Crippen LogP contribution in [0.25, 0.3) is 0 Å². The van der Waals surface area contributed by atoms with Gasteiger partial charge in [-0.3, -0.25) is 4.79 Å². The molecule has 1 aromatic carbocycles. The van der Waals surface area contributed by atoms with Crippen LogP contribution in [0.1, 0.15) is 26.3 Å². The van der Waals surface area contributed by atoms with E-state index in [0.717, 1.165) is 5.06 Å². The summed E-state index contributed by atoms with van der Waals surface area (Å²) in [5.41, 5.74) is -0.0888. The Kier molecular flexibility index (Phi) is 6.79. The monoisotopic (exact) mass is 337 g/mol. The van der Waals surface area contributed by atoms with Gasteiger partial charge in [0.15, 0.2) is 0 Å². The van der Waals surface area contributed by atoms with Crippen LogP contribution in [-0.2, 0) is 20.8 Å². The van der Waals surface area contributed by atoms with Gasteiger partial charge in [0.05, 0.1) is 6.54 Å². The lowest BCUT2D eigenvalue weighted by molar-refractivity contribution is -0.179. The van der Waals surface area contributed by atoms with Gasteiger partial charge in [0.2, 0.25) is 0 Å². The first kappa shape index (κ1) is 19.5. The first-order valence-corrected chi connectivity index (χ1v) is 7.41. The molecule has 0 amide bonds. The molecule has 0 radical (unpaired) electrons. The number of phenolic OH excluding ortho intramolecular Hbond substituents is 1. The van der Waals surface area contributed by atoms with Crippen molar-refractivity contribution >= 4 is 12.1 Å². The molecule has 0 saturated heterocycles. The molecule has 0 heterocycles. The molecular formula is C17H23NO6. The summed E-state index contributed by atoms with van der Waals surface area (Å²) >= 11 is 0. The molecule has 1 aromatic rings. The van der Waals surface area contributed by atoms with E-state index in [9.17, 15) is 19.8 Å². The van der Waals surface area contributed by atoms with Gasteiger partial charge in [-0.1, -0.05) is 18.2 Å². The second kappa shape index (κ2) is 8.35. The van der Waals surface area contributed by atoms with Crippen LogP contribution in [0.3, 0.4) is 0 Å². The van der Waals surface area contributed by atoms with Gasteiger partial charge in [-0.2, -0.15) is 0 Å². The molecule has 0 unspecified atom stereocenters. The zero-order valence-electron chi connectivity index (χ0n) is 14.1. The van der Waals surface area contributed by atoms with Gasteiger partial charge in [-0.25, -0.2) is 4.79 Å². The Hall–Kier alpha value is -2.54. The zero-order valence-corrected chi connectivity index (χ0v) is 14.1. The van der Waals surface area contributed by atoms with E-state index in [2.05, 4.69) is 6.58 Å². The highest BCUT2D eigenvalue weighted by Crippen LogP contribution is 2.16. The summed E-state index contributed by atoms with van der Waals surface area (Å²) in [5.74, 6) is -1.08. The summed E-state index contributed by atoms with van der Waals surface area (Å²) in [6.07, 6.45) is 0.518. The average molecular weight is 337 g/mol. The van der Waals surface area contributed by atoms with E-state index in [1.54, 1.807) is 32.9 Å². The molecule has 0 fully saturated rings. The smallest absolute Gasteiger partial charge is 0.508 e. The van der Waals surface area contributed by atoms with E-state index >= 15 is 0 Å². The van der Waals surface area contributed by atoms with Crippen LogP contribution in [0.15, 0.2) is 36.9 Å². The first-order chi connectivity index (χ1) is 11.1. The van der Waals surface area contributed by atoms with Gasteiger partial charge in [0.25, 0.3) is 0 Å². The maximum Gasteiger partial charge on any atom is 0.528 e. The van der Waals surface area contributed by atoms with Gasteiger partial charge >= 0.3 is 12.1 Å². The van der Waals surface area contributed by atoms with Crippen molar-refractivity contribution in [2.45, 2.75) is 38.8 Å². The maximum absolute atomic E-state index is 11.8. The highest BCUT2D eigenvalue weighted by Gasteiger charge is 2.30. The van der Waals surface area contributed by atoms with Crippen LogP contribution in [0.2, 0.25) is 0 Å². The fourth-order valence-electron chi connectivity index (χ4n) is 1.89. The number of phenols is 1. The number of carbonyl (C=O) groups is 2. The molecule has 2 N–H and O–H groups in total. The van der Waals surface area contributed by atoms with Crippen molar-refractivity contribution in [1.82, 2.24) is 5.06 Å². The first-order valence-electron chi connectivity index (χ1n) is 7.41. The largest absolute Gasteiger partial charge is 0.528 e. The molecule has 0 spiro atoms. The second-order valence-corrected chi connectivity index (χ2v) is 6.17. The molecule has 24 heavy (non-hydrogen) atoms. The Labute approximate surface area is 141 Å². The number of aliphatic carboxylic acids is 1. The van der Waals surface area contributed by atoms with Gasteiger partial charge in [0.1, 0.15) is 17.4 Å². The minimum absolute atomic E-state index is 0.0221. The lowest BCUT2D eigenvalue weighted by Crippen LogP contribution is -2.44. The number of hydroxylamine groups is 2.